The molecule has 0 bridgehead atoms. The number of methoxy groups -OCH3 is 1. The van der Waals surface area contributed by atoms with Crippen molar-refractivity contribution >= 4 is 15.9 Å². The zero-order chi connectivity index (χ0) is 13.9. The van der Waals surface area contributed by atoms with Crippen LogP contribution in [0, 0.1) is 5.92 Å². The summed E-state index contributed by atoms with van der Waals surface area (Å²) >= 11 is 3.59. The Bertz CT molecular complexity index is 468. The van der Waals surface area contributed by atoms with Gasteiger partial charge in [-0.2, -0.15) is 0 Å². The number of halogens is 1. The van der Waals surface area contributed by atoms with Gasteiger partial charge in [0.15, 0.2) is 11.5 Å². The van der Waals surface area contributed by atoms with Gasteiger partial charge in [-0.25, -0.2) is 0 Å². The maximum absolute atomic E-state index is 6.11. The number of nitrogens with one attached hydrogen (secondary N) is 1. The summed E-state index contributed by atoms with van der Waals surface area (Å²) in [7, 11) is 1.72. The first kappa shape index (κ1) is 14.2. The van der Waals surface area contributed by atoms with E-state index in [0.717, 1.165) is 41.4 Å². The van der Waals surface area contributed by atoms with E-state index in [1.54, 1.807) is 7.11 Å². The smallest absolute Gasteiger partial charge is 0.164 e. The molecule has 0 amide bonds. The van der Waals surface area contributed by atoms with E-state index in [4.69, 9.17) is 9.47 Å². The molecule has 1 aliphatic heterocycles. The van der Waals surface area contributed by atoms with E-state index in [1.165, 1.54) is 31.2 Å². The summed E-state index contributed by atoms with van der Waals surface area (Å²) in [4.78, 5) is 0. The normalized spacial score (nSPS) is 19.9. The fourth-order valence-corrected chi connectivity index (χ4v) is 3.29. The van der Waals surface area contributed by atoms with Gasteiger partial charge in [-0.15, -0.1) is 0 Å². The molecule has 4 heteroatoms. The van der Waals surface area contributed by atoms with E-state index in [2.05, 4.69) is 27.3 Å². The third-order valence-corrected chi connectivity index (χ3v) is 4.55. The Morgan fingerprint density at radius 1 is 1.20 bits per heavy atom. The van der Waals surface area contributed by atoms with Crippen molar-refractivity contribution in [2.24, 2.45) is 5.92 Å². The summed E-state index contributed by atoms with van der Waals surface area (Å²) in [6.07, 6.45) is 6.32. The molecule has 1 saturated heterocycles. The zero-order valence-corrected chi connectivity index (χ0v) is 13.5. The highest BCUT2D eigenvalue weighted by Gasteiger charge is 2.27. The fraction of sp³-hybridized carbons (Fsp3) is 0.625. The quantitative estimate of drug-likeness (QED) is 0.889. The molecule has 0 radical (unpaired) electrons. The van der Waals surface area contributed by atoms with E-state index in [0.29, 0.717) is 6.10 Å². The molecule has 0 aromatic heterocycles. The van der Waals surface area contributed by atoms with Crippen molar-refractivity contribution in [1.29, 1.82) is 0 Å². The SMILES string of the molecule is COc1cc(Br)cc(CC2CCNCC2)c1OC1CC1. The number of ether oxygens (including phenoxy) is 2. The van der Waals surface area contributed by atoms with Crippen molar-refractivity contribution in [3.05, 3.63) is 22.2 Å². The molecule has 1 saturated carbocycles. The molecule has 20 heavy (non-hydrogen) atoms. The Balaban J connectivity index is 1.83. The number of piperidine rings is 1. The van der Waals surface area contributed by atoms with E-state index in [-0.39, 0.29) is 0 Å². The minimum absolute atomic E-state index is 0.400. The van der Waals surface area contributed by atoms with Crippen LogP contribution in [-0.2, 0) is 6.42 Å². The number of rotatable bonds is 5. The number of hydrogen-bond donors (Lipinski definition) is 1. The maximum Gasteiger partial charge on any atom is 0.164 e. The van der Waals surface area contributed by atoms with E-state index >= 15 is 0 Å². The summed E-state index contributed by atoms with van der Waals surface area (Å²) in [6.45, 7) is 2.27. The number of hydrogen-bond acceptors (Lipinski definition) is 3. The van der Waals surface area contributed by atoms with Gasteiger partial charge in [-0.1, -0.05) is 15.9 Å². The molecule has 2 aliphatic rings. The van der Waals surface area contributed by atoms with Crippen molar-refractivity contribution < 1.29 is 9.47 Å². The highest BCUT2D eigenvalue weighted by Crippen LogP contribution is 2.40. The first-order chi connectivity index (χ1) is 9.76. The first-order valence-corrected chi connectivity index (χ1v) is 8.29. The third-order valence-electron chi connectivity index (χ3n) is 4.09. The van der Waals surface area contributed by atoms with Gasteiger partial charge >= 0.3 is 0 Å². The minimum atomic E-state index is 0.400. The topological polar surface area (TPSA) is 30.5 Å². The zero-order valence-electron chi connectivity index (χ0n) is 12.0. The van der Waals surface area contributed by atoms with Crippen LogP contribution in [0.4, 0.5) is 0 Å². The monoisotopic (exact) mass is 339 g/mol. The molecule has 1 aromatic rings. The Kier molecular flexibility index (Phi) is 4.51. The van der Waals surface area contributed by atoms with Gasteiger partial charge in [0.05, 0.1) is 13.2 Å². The van der Waals surface area contributed by atoms with Gasteiger partial charge in [0.2, 0.25) is 0 Å². The van der Waals surface area contributed by atoms with Crippen LogP contribution >= 0.6 is 15.9 Å². The molecular formula is C16H22BrNO2. The van der Waals surface area contributed by atoms with Crippen LogP contribution in [0.25, 0.3) is 0 Å². The molecule has 1 heterocycles. The summed E-state index contributed by atoms with van der Waals surface area (Å²) < 4.78 is 12.7. The van der Waals surface area contributed by atoms with E-state index < -0.39 is 0 Å². The van der Waals surface area contributed by atoms with Gasteiger partial charge in [0, 0.05) is 4.47 Å². The summed E-state index contributed by atoms with van der Waals surface area (Å²) in [6, 6.07) is 4.20. The van der Waals surface area contributed by atoms with Crippen LogP contribution in [0.3, 0.4) is 0 Å². The Hall–Kier alpha value is -0.740. The Labute approximate surface area is 129 Å². The minimum Gasteiger partial charge on any atom is -0.493 e. The predicted octanol–water partition coefficient (Wildman–Crippen LogP) is 3.54. The molecule has 3 rings (SSSR count). The van der Waals surface area contributed by atoms with Crippen molar-refractivity contribution in [3.8, 4) is 11.5 Å². The van der Waals surface area contributed by atoms with Crippen molar-refractivity contribution in [1.82, 2.24) is 5.32 Å². The average molecular weight is 340 g/mol. The van der Waals surface area contributed by atoms with Gasteiger partial charge in [-0.05, 0) is 68.8 Å². The summed E-state index contributed by atoms with van der Waals surface area (Å²) in [5, 5.41) is 3.43. The molecule has 1 aliphatic carbocycles. The first-order valence-electron chi connectivity index (χ1n) is 7.50. The molecule has 1 aromatic carbocycles. The molecular weight excluding hydrogens is 318 g/mol. The second-order valence-electron chi connectivity index (χ2n) is 5.81. The van der Waals surface area contributed by atoms with Crippen LogP contribution < -0.4 is 14.8 Å². The maximum atomic E-state index is 6.11. The molecule has 110 valence electrons. The van der Waals surface area contributed by atoms with Gasteiger partial charge in [0.25, 0.3) is 0 Å². The van der Waals surface area contributed by atoms with Crippen LogP contribution in [-0.4, -0.2) is 26.3 Å². The lowest BCUT2D eigenvalue weighted by molar-refractivity contribution is 0.275. The Morgan fingerprint density at radius 3 is 2.60 bits per heavy atom. The average Bonchev–Trinajstić information content (AvgIpc) is 3.26. The van der Waals surface area contributed by atoms with Crippen LogP contribution in [0.5, 0.6) is 11.5 Å². The Morgan fingerprint density at radius 2 is 1.95 bits per heavy atom. The third kappa shape index (κ3) is 3.47. The van der Waals surface area contributed by atoms with E-state index in [9.17, 15) is 0 Å². The lowest BCUT2D eigenvalue weighted by Gasteiger charge is -2.24. The molecule has 0 spiro atoms. The van der Waals surface area contributed by atoms with Gasteiger partial charge in [-0.3, -0.25) is 0 Å². The standard InChI is InChI=1S/C16H22BrNO2/c1-19-15-10-13(17)9-12(16(15)20-14-2-3-14)8-11-4-6-18-7-5-11/h9-11,14,18H,2-8H2,1H3. The highest BCUT2D eigenvalue weighted by atomic mass is 79.9. The van der Waals surface area contributed by atoms with E-state index in [1.807, 2.05) is 6.07 Å². The second kappa shape index (κ2) is 6.35. The van der Waals surface area contributed by atoms with Crippen LogP contribution in [0.2, 0.25) is 0 Å². The second-order valence-corrected chi connectivity index (χ2v) is 6.73. The van der Waals surface area contributed by atoms with Crippen molar-refractivity contribution in [3.63, 3.8) is 0 Å². The van der Waals surface area contributed by atoms with Gasteiger partial charge < -0.3 is 14.8 Å². The highest BCUT2D eigenvalue weighted by molar-refractivity contribution is 9.10. The summed E-state index contributed by atoms with van der Waals surface area (Å²) in [5.74, 6) is 2.57. The van der Waals surface area contributed by atoms with Crippen molar-refractivity contribution in [2.45, 2.75) is 38.2 Å². The molecule has 0 atom stereocenters. The van der Waals surface area contributed by atoms with Gasteiger partial charge in [0.1, 0.15) is 0 Å². The van der Waals surface area contributed by atoms with Crippen LogP contribution in [0.1, 0.15) is 31.2 Å². The summed E-state index contributed by atoms with van der Waals surface area (Å²) in [5.41, 5.74) is 1.29. The molecule has 2 fully saturated rings. The fourth-order valence-electron chi connectivity index (χ4n) is 2.81. The lowest BCUT2D eigenvalue weighted by Crippen LogP contribution is -2.28. The number of benzene rings is 1. The largest absolute Gasteiger partial charge is 0.493 e. The van der Waals surface area contributed by atoms with Crippen molar-refractivity contribution in [2.75, 3.05) is 20.2 Å². The molecule has 0 unspecified atom stereocenters. The molecule has 1 N–H and O–H groups in total. The predicted molar refractivity (Wildman–Crippen MR) is 83.6 cm³/mol. The lowest BCUT2D eigenvalue weighted by atomic mass is 9.90. The van der Waals surface area contributed by atoms with Crippen LogP contribution in [0.15, 0.2) is 16.6 Å². The molecule has 3 nitrogen and oxygen atoms in total.